The van der Waals surface area contributed by atoms with Gasteiger partial charge in [0, 0.05) is 31.7 Å². The molecule has 2 saturated heterocycles. The number of aromatic hydroxyl groups is 1. The molecule has 2 N–H and O–H groups in total. The Labute approximate surface area is 154 Å². The maximum atomic E-state index is 12.9. The minimum absolute atomic E-state index is 0.181. The highest BCUT2D eigenvalue weighted by Gasteiger charge is 2.40. The lowest BCUT2D eigenvalue weighted by molar-refractivity contribution is 0.127. The number of hydrogen-bond donors (Lipinski definition) is 2. The van der Waals surface area contributed by atoms with E-state index in [1.807, 2.05) is 24.3 Å². The quantitative estimate of drug-likeness (QED) is 0.769. The molecule has 2 aromatic rings. The number of nitrogens with zero attached hydrogens (tertiary/aromatic N) is 1. The Morgan fingerprint density at radius 1 is 1.04 bits per heavy atom. The van der Waals surface area contributed by atoms with Crippen LogP contribution in [0.3, 0.4) is 0 Å². The van der Waals surface area contributed by atoms with Crippen molar-refractivity contribution in [2.24, 2.45) is 0 Å². The zero-order valence-corrected chi connectivity index (χ0v) is 15.1. The Balaban J connectivity index is 1.27. The molecule has 2 aromatic carbocycles. The Hall–Kier alpha value is -1.91. The summed E-state index contributed by atoms with van der Waals surface area (Å²) < 4.78 is 12.9. The van der Waals surface area contributed by atoms with Crippen LogP contribution in [-0.2, 0) is 6.54 Å². The summed E-state index contributed by atoms with van der Waals surface area (Å²) in [5.41, 5.74) is 2.41. The molecule has 138 valence electrons. The van der Waals surface area contributed by atoms with Gasteiger partial charge in [-0.15, -0.1) is 0 Å². The fourth-order valence-electron chi connectivity index (χ4n) is 4.73. The standard InChI is InChI=1S/C22H27FN2O/c23-19-6-4-16(5-7-19)15-24-10-11-25-20-8-9-21(25)13-18(12-20)17-2-1-3-22(26)14-17/h1-7,14,18,20-21,24,26H,8-13,15H2/t18?,20-,21+. The van der Waals surface area contributed by atoms with Gasteiger partial charge in [0.25, 0.3) is 0 Å². The summed E-state index contributed by atoms with van der Waals surface area (Å²) in [6, 6.07) is 15.8. The van der Waals surface area contributed by atoms with Crippen molar-refractivity contribution in [3.8, 4) is 5.75 Å². The number of hydrogen-bond acceptors (Lipinski definition) is 3. The zero-order valence-electron chi connectivity index (χ0n) is 15.1. The van der Waals surface area contributed by atoms with E-state index in [1.54, 1.807) is 6.07 Å². The topological polar surface area (TPSA) is 35.5 Å². The van der Waals surface area contributed by atoms with Crippen molar-refractivity contribution >= 4 is 0 Å². The van der Waals surface area contributed by atoms with E-state index in [0.29, 0.717) is 23.8 Å². The predicted octanol–water partition coefficient (Wildman–Crippen LogP) is 4.03. The van der Waals surface area contributed by atoms with Crippen LogP contribution < -0.4 is 5.32 Å². The van der Waals surface area contributed by atoms with Gasteiger partial charge in [0.05, 0.1) is 0 Å². The fraction of sp³-hybridized carbons (Fsp3) is 0.455. The van der Waals surface area contributed by atoms with E-state index in [4.69, 9.17) is 0 Å². The van der Waals surface area contributed by atoms with Gasteiger partial charge in [-0.25, -0.2) is 4.39 Å². The van der Waals surface area contributed by atoms with Crippen molar-refractivity contribution in [1.82, 2.24) is 10.2 Å². The zero-order chi connectivity index (χ0) is 17.9. The summed E-state index contributed by atoms with van der Waals surface area (Å²) in [4.78, 5) is 2.68. The molecule has 1 unspecified atom stereocenters. The number of fused-ring (bicyclic) bond motifs is 2. The lowest BCUT2D eigenvalue weighted by Gasteiger charge is -2.39. The highest BCUT2D eigenvalue weighted by atomic mass is 19.1. The van der Waals surface area contributed by atoms with Gasteiger partial charge >= 0.3 is 0 Å². The van der Waals surface area contributed by atoms with Gasteiger partial charge in [0.1, 0.15) is 11.6 Å². The normalized spacial score (nSPS) is 25.5. The Bertz CT molecular complexity index is 719. The molecule has 3 nitrogen and oxygen atoms in total. The number of nitrogens with one attached hydrogen (secondary N) is 1. The van der Waals surface area contributed by atoms with Gasteiger partial charge in [-0.1, -0.05) is 24.3 Å². The van der Waals surface area contributed by atoms with Crippen molar-refractivity contribution in [3.63, 3.8) is 0 Å². The summed E-state index contributed by atoms with van der Waals surface area (Å²) in [7, 11) is 0. The van der Waals surface area contributed by atoms with E-state index in [0.717, 1.165) is 25.2 Å². The average molecular weight is 354 g/mol. The first-order chi connectivity index (χ1) is 12.7. The van der Waals surface area contributed by atoms with Crippen molar-refractivity contribution in [1.29, 1.82) is 0 Å². The second kappa shape index (κ2) is 7.77. The highest BCUT2D eigenvalue weighted by molar-refractivity contribution is 5.30. The van der Waals surface area contributed by atoms with Crippen LogP contribution in [0.5, 0.6) is 5.75 Å². The molecule has 2 aliphatic heterocycles. The lowest BCUT2D eigenvalue weighted by atomic mass is 9.85. The van der Waals surface area contributed by atoms with Crippen LogP contribution >= 0.6 is 0 Å². The second-order valence-electron chi connectivity index (χ2n) is 7.69. The molecule has 2 bridgehead atoms. The van der Waals surface area contributed by atoms with Crippen LogP contribution in [0.15, 0.2) is 48.5 Å². The minimum atomic E-state index is -0.181. The van der Waals surface area contributed by atoms with E-state index in [-0.39, 0.29) is 5.82 Å². The molecule has 0 spiro atoms. The van der Waals surface area contributed by atoms with Crippen LogP contribution in [0, 0.1) is 5.82 Å². The molecule has 3 atom stereocenters. The molecule has 26 heavy (non-hydrogen) atoms. The first-order valence-electron chi connectivity index (χ1n) is 9.69. The van der Waals surface area contributed by atoms with Crippen molar-refractivity contribution in [2.45, 2.75) is 50.2 Å². The summed E-state index contributed by atoms with van der Waals surface area (Å²) in [5, 5.41) is 13.2. The molecule has 0 aromatic heterocycles. The maximum Gasteiger partial charge on any atom is 0.123 e. The molecule has 4 rings (SSSR count). The Morgan fingerprint density at radius 2 is 1.77 bits per heavy atom. The smallest absolute Gasteiger partial charge is 0.123 e. The SMILES string of the molecule is Oc1cccc(C2C[C@H]3CC[C@@H](C2)N3CCNCc2ccc(F)cc2)c1. The molecule has 2 aliphatic rings. The van der Waals surface area contributed by atoms with Gasteiger partial charge in [0.2, 0.25) is 0 Å². The average Bonchev–Trinajstić information content (AvgIpc) is 2.87. The third kappa shape index (κ3) is 3.92. The van der Waals surface area contributed by atoms with Crippen LogP contribution in [-0.4, -0.2) is 35.2 Å². The predicted molar refractivity (Wildman–Crippen MR) is 102 cm³/mol. The van der Waals surface area contributed by atoms with Gasteiger partial charge in [-0.05, 0) is 67.0 Å². The van der Waals surface area contributed by atoms with E-state index >= 15 is 0 Å². The van der Waals surface area contributed by atoms with Gasteiger partial charge in [0.15, 0.2) is 0 Å². The van der Waals surface area contributed by atoms with Crippen LogP contribution in [0.2, 0.25) is 0 Å². The van der Waals surface area contributed by atoms with E-state index in [9.17, 15) is 9.50 Å². The molecule has 0 aliphatic carbocycles. The molecule has 4 heteroatoms. The fourth-order valence-corrected chi connectivity index (χ4v) is 4.73. The third-order valence-corrected chi connectivity index (χ3v) is 6.02. The van der Waals surface area contributed by atoms with Gasteiger partial charge in [-0.2, -0.15) is 0 Å². The number of rotatable bonds is 6. The van der Waals surface area contributed by atoms with Crippen molar-refractivity contribution < 1.29 is 9.50 Å². The molecule has 0 saturated carbocycles. The number of phenols is 1. The summed E-state index contributed by atoms with van der Waals surface area (Å²) >= 11 is 0. The second-order valence-corrected chi connectivity index (χ2v) is 7.69. The molecule has 0 amide bonds. The third-order valence-electron chi connectivity index (χ3n) is 6.02. The molecular weight excluding hydrogens is 327 g/mol. The molecular formula is C22H27FN2O. The first kappa shape index (κ1) is 17.5. The van der Waals surface area contributed by atoms with E-state index in [1.165, 1.54) is 43.4 Å². The van der Waals surface area contributed by atoms with Crippen LogP contribution in [0.1, 0.15) is 42.7 Å². The Kier molecular flexibility index (Phi) is 5.23. The monoisotopic (exact) mass is 354 g/mol. The number of benzene rings is 2. The van der Waals surface area contributed by atoms with Crippen LogP contribution in [0.4, 0.5) is 4.39 Å². The minimum Gasteiger partial charge on any atom is -0.508 e. The number of halogens is 1. The highest BCUT2D eigenvalue weighted by Crippen LogP contribution is 2.43. The van der Waals surface area contributed by atoms with Crippen molar-refractivity contribution in [3.05, 3.63) is 65.5 Å². The molecule has 0 radical (unpaired) electrons. The van der Waals surface area contributed by atoms with Crippen molar-refractivity contribution in [2.75, 3.05) is 13.1 Å². The number of phenolic OH excluding ortho intramolecular Hbond substituents is 1. The van der Waals surface area contributed by atoms with Crippen LogP contribution in [0.25, 0.3) is 0 Å². The van der Waals surface area contributed by atoms with Gasteiger partial charge < -0.3 is 10.4 Å². The lowest BCUT2D eigenvalue weighted by Crippen LogP contribution is -2.45. The van der Waals surface area contributed by atoms with E-state index in [2.05, 4.69) is 16.3 Å². The van der Waals surface area contributed by atoms with E-state index < -0.39 is 0 Å². The summed E-state index contributed by atoms with van der Waals surface area (Å²) in [6.45, 7) is 2.82. The summed E-state index contributed by atoms with van der Waals surface area (Å²) in [5.74, 6) is 0.769. The summed E-state index contributed by atoms with van der Waals surface area (Å²) in [6.07, 6.45) is 4.96. The largest absolute Gasteiger partial charge is 0.508 e. The molecule has 2 fully saturated rings. The maximum absolute atomic E-state index is 12.9. The first-order valence-corrected chi connectivity index (χ1v) is 9.69. The number of piperidine rings is 1. The van der Waals surface area contributed by atoms with Gasteiger partial charge in [-0.3, -0.25) is 4.90 Å². The Morgan fingerprint density at radius 3 is 2.46 bits per heavy atom. The molecule has 2 heterocycles.